The number of aromatic carboxylic acids is 1. The van der Waals surface area contributed by atoms with E-state index in [0.29, 0.717) is 37.0 Å². The third kappa shape index (κ3) is 4.55. The quantitative estimate of drug-likeness (QED) is 0.490. The molecule has 0 saturated heterocycles. The van der Waals surface area contributed by atoms with E-state index in [9.17, 15) is 9.90 Å². The van der Waals surface area contributed by atoms with Crippen LogP contribution < -0.4 is 5.32 Å². The molecule has 1 aromatic heterocycles. The number of nitrogens with one attached hydrogen (secondary N) is 1. The van der Waals surface area contributed by atoms with Gasteiger partial charge in [0.2, 0.25) is 0 Å². The van der Waals surface area contributed by atoms with Crippen LogP contribution in [0.4, 0.5) is 0 Å². The van der Waals surface area contributed by atoms with E-state index < -0.39 is 5.97 Å². The van der Waals surface area contributed by atoms with Crippen LogP contribution in [0.15, 0.2) is 48.5 Å². The number of para-hydroxylation sites is 1. The van der Waals surface area contributed by atoms with Crippen LogP contribution in [0, 0.1) is 0 Å². The number of nitrogens with zero attached hydrogens (tertiary/aromatic N) is 1. The molecule has 0 fully saturated rings. The lowest BCUT2D eigenvalue weighted by molar-refractivity contribution is 0.0684. The fourth-order valence-corrected chi connectivity index (χ4v) is 3.61. The molecule has 148 valence electrons. The summed E-state index contributed by atoms with van der Waals surface area (Å²) in [5, 5.41) is 14.9. The monoisotopic (exact) mass is 400 g/mol. The molecule has 2 N–H and O–H groups in total. The molecule has 0 aliphatic heterocycles. The number of hydrogen-bond acceptors (Lipinski definition) is 3. The Labute approximate surface area is 169 Å². The maximum absolute atomic E-state index is 12.2. The van der Waals surface area contributed by atoms with Gasteiger partial charge < -0.3 is 19.7 Å². The van der Waals surface area contributed by atoms with Crippen molar-refractivity contribution in [2.45, 2.75) is 26.4 Å². The second-order valence-electron chi connectivity index (χ2n) is 6.55. The number of carboxylic acids is 1. The van der Waals surface area contributed by atoms with Gasteiger partial charge in [-0.2, -0.15) is 0 Å². The van der Waals surface area contributed by atoms with Crippen molar-refractivity contribution in [3.8, 4) is 0 Å². The molecule has 0 amide bonds. The van der Waals surface area contributed by atoms with Gasteiger partial charge in [0, 0.05) is 47.8 Å². The Kier molecular flexibility index (Phi) is 7.09. The standard InChI is InChI=1S/C22H25ClN2O3/c1-2-28-13-7-12-24-14-18-17-9-4-6-11-20(17)25(21(18)22(26)27)15-16-8-3-5-10-19(16)23/h3-6,8-11,24H,2,7,12-15H2,1H3,(H,26,27). The third-order valence-corrected chi connectivity index (χ3v) is 5.08. The predicted molar refractivity (Wildman–Crippen MR) is 112 cm³/mol. The maximum Gasteiger partial charge on any atom is 0.352 e. The Balaban J connectivity index is 1.93. The fourth-order valence-electron chi connectivity index (χ4n) is 3.42. The lowest BCUT2D eigenvalue weighted by atomic mass is 10.1. The molecular weight excluding hydrogens is 376 g/mol. The smallest absolute Gasteiger partial charge is 0.352 e. The molecule has 0 atom stereocenters. The first-order valence-corrected chi connectivity index (χ1v) is 9.86. The summed E-state index contributed by atoms with van der Waals surface area (Å²) in [6.07, 6.45) is 0.883. The Hall–Kier alpha value is -2.34. The van der Waals surface area contributed by atoms with Crippen LogP contribution in [0.2, 0.25) is 5.02 Å². The number of rotatable bonds is 10. The van der Waals surface area contributed by atoms with Gasteiger partial charge in [-0.05, 0) is 37.6 Å². The average molecular weight is 401 g/mol. The zero-order valence-corrected chi connectivity index (χ0v) is 16.7. The van der Waals surface area contributed by atoms with E-state index in [4.69, 9.17) is 16.3 Å². The minimum absolute atomic E-state index is 0.304. The van der Waals surface area contributed by atoms with Crippen LogP contribution in [-0.4, -0.2) is 35.4 Å². The van der Waals surface area contributed by atoms with Crippen molar-refractivity contribution >= 4 is 28.5 Å². The van der Waals surface area contributed by atoms with Gasteiger partial charge in [-0.1, -0.05) is 48.0 Å². The van der Waals surface area contributed by atoms with E-state index in [1.54, 1.807) is 0 Å². The second kappa shape index (κ2) is 9.73. The topological polar surface area (TPSA) is 63.5 Å². The van der Waals surface area contributed by atoms with Gasteiger partial charge in [-0.3, -0.25) is 0 Å². The summed E-state index contributed by atoms with van der Waals surface area (Å²) in [5.41, 5.74) is 2.89. The van der Waals surface area contributed by atoms with Gasteiger partial charge in [0.1, 0.15) is 5.69 Å². The molecule has 0 unspecified atom stereocenters. The third-order valence-electron chi connectivity index (χ3n) is 4.71. The van der Waals surface area contributed by atoms with Crippen molar-refractivity contribution in [2.24, 2.45) is 0 Å². The number of carboxylic acid groups (broad SMARTS) is 1. The van der Waals surface area contributed by atoms with E-state index >= 15 is 0 Å². The largest absolute Gasteiger partial charge is 0.477 e. The van der Waals surface area contributed by atoms with Crippen molar-refractivity contribution in [2.75, 3.05) is 19.8 Å². The van der Waals surface area contributed by atoms with Crippen molar-refractivity contribution in [3.05, 3.63) is 70.4 Å². The summed E-state index contributed by atoms with van der Waals surface area (Å²) in [6.45, 7) is 5.04. The highest BCUT2D eigenvalue weighted by Gasteiger charge is 2.22. The molecule has 3 aromatic rings. The molecule has 0 aliphatic rings. The first-order chi connectivity index (χ1) is 13.6. The second-order valence-corrected chi connectivity index (χ2v) is 6.96. The van der Waals surface area contributed by atoms with E-state index in [-0.39, 0.29) is 0 Å². The lowest BCUT2D eigenvalue weighted by Gasteiger charge is -2.11. The number of carbonyl (C=O) groups is 1. The highest BCUT2D eigenvalue weighted by Crippen LogP contribution is 2.28. The first-order valence-electron chi connectivity index (χ1n) is 9.48. The normalized spacial score (nSPS) is 11.2. The molecule has 1 heterocycles. The van der Waals surface area contributed by atoms with Gasteiger partial charge in [0.05, 0.1) is 0 Å². The summed E-state index contributed by atoms with van der Waals surface area (Å²) in [4.78, 5) is 12.2. The first kappa shape index (κ1) is 20.4. The van der Waals surface area contributed by atoms with Gasteiger partial charge in [-0.15, -0.1) is 0 Å². The van der Waals surface area contributed by atoms with Crippen molar-refractivity contribution < 1.29 is 14.6 Å². The number of fused-ring (bicyclic) bond motifs is 1. The summed E-state index contributed by atoms with van der Waals surface area (Å²) in [5.74, 6) is -0.936. The van der Waals surface area contributed by atoms with Crippen LogP contribution in [-0.2, 0) is 17.8 Å². The Morgan fingerprint density at radius 2 is 1.93 bits per heavy atom. The van der Waals surface area contributed by atoms with Crippen LogP contribution in [0.1, 0.15) is 35.0 Å². The highest BCUT2D eigenvalue weighted by molar-refractivity contribution is 6.31. The summed E-state index contributed by atoms with van der Waals surface area (Å²) in [7, 11) is 0. The Bertz CT molecular complexity index is 952. The van der Waals surface area contributed by atoms with Gasteiger partial charge in [0.25, 0.3) is 0 Å². The zero-order valence-electron chi connectivity index (χ0n) is 16.0. The molecule has 5 nitrogen and oxygen atoms in total. The minimum Gasteiger partial charge on any atom is -0.477 e. The fraction of sp³-hybridized carbons (Fsp3) is 0.318. The van der Waals surface area contributed by atoms with Crippen molar-refractivity contribution in [3.63, 3.8) is 0 Å². The van der Waals surface area contributed by atoms with Crippen LogP contribution in [0.25, 0.3) is 10.9 Å². The van der Waals surface area contributed by atoms with Gasteiger partial charge in [0.15, 0.2) is 0 Å². The predicted octanol–water partition coefficient (Wildman–Crippen LogP) is 4.56. The molecule has 0 bridgehead atoms. The molecule has 0 spiro atoms. The van der Waals surface area contributed by atoms with E-state index in [2.05, 4.69) is 5.32 Å². The van der Waals surface area contributed by atoms with Crippen LogP contribution in [0.5, 0.6) is 0 Å². The lowest BCUT2D eigenvalue weighted by Crippen LogP contribution is -2.19. The van der Waals surface area contributed by atoms with Gasteiger partial charge >= 0.3 is 5.97 Å². The number of aromatic nitrogens is 1. The summed E-state index contributed by atoms with van der Waals surface area (Å²) in [6, 6.07) is 15.3. The molecular formula is C22H25ClN2O3. The average Bonchev–Trinajstić information content (AvgIpc) is 3.00. The number of ether oxygens (including phenoxy) is 1. The van der Waals surface area contributed by atoms with Crippen LogP contribution in [0.3, 0.4) is 0 Å². The van der Waals surface area contributed by atoms with Crippen LogP contribution >= 0.6 is 11.6 Å². The zero-order chi connectivity index (χ0) is 19.9. The van der Waals surface area contributed by atoms with E-state index in [0.717, 1.165) is 35.0 Å². The van der Waals surface area contributed by atoms with Crippen molar-refractivity contribution in [1.82, 2.24) is 9.88 Å². The van der Waals surface area contributed by atoms with Gasteiger partial charge in [-0.25, -0.2) is 4.79 Å². The molecule has 2 aromatic carbocycles. The van der Waals surface area contributed by atoms with Crippen molar-refractivity contribution in [1.29, 1.82) is 0 Å². The van der Waals surface area contributed by atoms with E-state index in [1.807, 2.05) is 60.0 Å². The number of benzene rings is 2. The Morgan fingerprint density at radius 1 is 1.18 bits per heavy atom. The number of halogens is 1. The molecule has 0 saturated carbocycles. The minimum atomic E-state index is -0.936. The summed E-state index contributed by atoms with van der Waals surface area (Å²) >= 11 is 6.32. The molecule has 6 heteroatoms. The van der Waals surface area contributed by atoms with E-state index in [1.165, 1.54) is 0 Å². The highest BCUT2D eigenvalue weighted by atomic mass is 35.5. The molecule has 0 aliphatic carbocycles. The maximum atomic E-state index is 12.2. The summed E-state index contributed by atoms with van der Waals surface area (Å²) < 4.78 is 7.19. The SMILES string of the molecule is CCOCCCNCc1c(C(=O)O)n(Cc2ccccc2Cl)c2ccccc12. The molecule has 0 radical (unpaired) electrons. The number of hydrogen-bond donors (Lipinski definition) is 2. The molecule has 3 rings (SSSR count). The molecule has 28 heavy (non-hydrogen) atoms. The Morgan fingerprint density at radius 3 is 2.68 bits per heavy atom.